The number of likely N-dealkylation sites (tertiary alicyclic amines) is 1. The first-order chi connectivity index (χ1) is 15.0. The number of aromatic nitrogens is 1. The first-order valence-electron chi connectivity index (χ1n) is 12.2. The Balaban J connectivity index is 0.00000245. The van der Waals surface area contributed by atoms with Crippen molar-refractivity contribution in [2.75, 3.05) is 38.7 Å². The van der Waals surface area contributed by atoms with Gasteiger partial charge < -0.3 is 19.7 Å². The van der Waals surface area contributed by atoms with Crippen molar-refractivity contribution >= 4 is 29.0 Å². The molecule has 5 nitrogen and oxygen atoms in total. The number of hydrogen-bond acceptors (Lipinski definition) is 5. The van der Waals surface area contributed by atoms with Crippen molar-refractivity contribution in [1.29, 1.82) is 0 Å². The quantitative estimate of drug-likeness (QED) is 0.519. The lowest BCUT2D eigenvalue weighted by atomic mass is 9.92. The minimum absolute atomic E-state index is 0. The normalized spacial score (nSPS) is 20.2. The molecule has 1 aromatic heterocycles. The molecular formula is C26H38ClN3O2. The van der Waals surface area contributed by atoms with Crippen molar-refractivity contribution < 1.29 is 9.47 Å². The topological polar surface area (TPSA) is 46.6 Å². The van der Waals surface area contributed by atoms with Gasteiger partial charge in [0, 0.05) is 46.4 Å². The zero-order valence-electron chi connectivity index (χ0n) is 19.8. The smallest absolute Gasteiger partial charge is 0.163 e. The van der Waals surface area contributed by atoms with Crippen molar-refractivity contribution in [2.24, 2.45) is 0 Å². The van der Waals surface area contributed by atoms with Gasteiger partial charge in [0.05, 0.1) is 19.2 Å². The summed E-state index contributed by atoms with van der Waals surface area (Å²) in [7, 11) is 1.73. The molecule has 6 heteroatoms. The third kappa shape index (κ3) is 4.65. The van der Waals surface area contributed by atoms with Crippen molar-refractivity contribution in [3.05, 3.63) is 23.4 Å². The van der Waals surface area contributed by atoms with Gasteiger partial charge in [-0.1, -0.05) is 12.8 Å². The predicted octanol–water partition coefficient (Wildman–Crippen LogP) is 5.93. The van der Waals surface area contributed by atoms with Crippen LogP contribution in [0.1, 0.15) is 76.0 Å². The van der Waals surface area contributed by atoms with Crippen LogP contribution in [0.25, 0.3) is 10.9 Å². The zero-order valence-corrected chi connectivity index (χ0v) is 20.7. The van der Waals surface area contributed by atoms with Crippen LogP contribution in [0, 0.1) is 0 Å². The third-order valence-corrected chi connectivity index (χ3v) is 7.30. The number of ether oxygens (including phenoxy) is 2. The van der Waals surface area contributed by atoms with E-state index in [0.29, 0.717) is 12.5 Å². The number of hydrogen-bond donors (Lipinski definition) is 1. The lowest BCUT2D eigenvalue weighted by molar-refractivity contribution is 0.254. The first-order valence-corrected chi connectivity index (χ1v) is 12.2. The summed E-state index contributed by atoms with van der Waals surface area (Å²) in [4.78, 5) is 7.77. The molecule has 0 radical (unpaired) electrons. The number of methoxy groups -OCH3 is 1. The third-order valence-electron chi connectivity index (χ3n) is 7.30. The molecule has 0 amide bonds. The van der Waals surface area contributed by atoms with Gasteiger partial charge in [0.2, 0.25) is 0 Å². The Labute approximate surface area is 198 Å². The van der Waals surface area contributed by atoms with E-state index in [1.54, 1.807) is 7.11 Å². The van der Waals surface area contributed by atoms with Crippen molar-refractivity contribution in [2.45, 2.75) is 76.7 Å². The molecule has 1 N–H and O–H groups in total. The molecule has 1 aromatic carbocycles. The molecule has 2 aromatic rings. The number of pyridine rings is 1. The second-order valence-corrected chi connectivity index (χ2v) is 10.3. The van der Waals surface area contributed by atoms with Gasteiger partial charge in [-0.25, -0.2) is 0 Å². The Morgan fingerprint density at radius 1 is 1.09 bits per heavy atom. The highest BCUT2D eigenvalue weighted by Crippen LogP contribution is 2.46. The van der Waals surface area contributed by atoms with Crippen LogP contribution in [0.5, 0.6) is 11.5 Å². The molecular weight excluding hydrogens is 422 g/mol. The molecule has 3 aliphatic rings. The average Bonchev–Trinajstić information content (AvgIpc) is 3.50. The van der Waals surface area contributed by atoms with E-state index >= 15 is 0 Å². The summed E-state index contributed by atoms with van der Waals surface area (Å²) in [5, 5.41) is 4.95. The van der Waals surface area contributed by atoms with Crippen LogP contribution in [0.4, 0.5) is 5.69 Å². The SMILES string of the molecule is COc1cc2c3c(c(C4CCCC4)nc2cc1OCCCN1CCCC1)CC(C)(C)N3.Cl. The molecule has 0 bridgehead atoms. The Kier molecular flexibility index (Phi) is 7.06. The van der Waals surface area contributed by atoms with Crippen LogP contribution in [0.2, 0.25) is 0 Å². The van der Waals surface area contributed by atoms with Crippen LogP contribution in [0.3, 0.4) is 0 Å². The minimum Gasteiger partial charge on any atom is -0.493 e. The van der Waals surface area contributed by atoms with Gasteiger partial charge >= 0.3 is 0 Å². The van der Waals surface area contributed by atoms with Crippen molar-refractivity contribution in [1.82, 2.24) is 9.88 Å². The molecule has 2 fully saturated rings. The van der Waals surface area contributed by atoms with Gasteiger partial charge in [-0.2, -0.15) is 0 Å². The molecule has 1 saturated heterocycles. The van der Waals surface area contributed by atoms with Gasteiger partial charge in [-0.15, -0.1) is 12.4 Å². The van der Waals surface area contributed by atoms with Gasteiger partial charge in [0.25, 0.3) is 0 Å². The van der Waals surface area contributed by atoms with Gasteiger partial charge in [-0.3, -0.25) is 4.98 Å². The predicted molar refractivity (Wildman–Crippen MR) is 134 cm³/mol. The summed E-state index contributed by atoms with van der Waals surface area (Å²) in [6.07, 6.45) is 9.93. The maximum atomic E-state index is 6.21. The number of nitrogens with one attached hydrogen (secondary N) is 1. The molecule has 5 rings (SSSR count). The average molecular weight is 460 g/mol. The highest BCUT2D eigenvalue weighted by atomic mass is 35.5. The van der Waals surface area contributed by atoms with Gasteiger partial charge in [-0.05, 0) is 71.5 Å². The Hall–Kier alpha value is -1.72. The highest BCUT2D eigenvalue weighted by molar-refractivity contribution is 5.97. The van der Waals surface area contributed by atoms with Crippen molar-refractivity contribution in [3.63, 3.8) is 0 Å². The van der Waals surface area contributed by atoms with Crippen molar-refractivity contribution in [3.8, 4) is 11.5 Å². The van der Waals surface area contributed by atoms with E-state index < -0.39 is 0 Å². The monoisotopic (exact) mass is 459 g/mol. The van der Waals surface area contributed by atoms with E-state index in [1.165, 1.54) is 68.6 Å². The number of halogens is 1. The minimum atomic E-state index is 0. The molecule has 1 saturated carbocycles. The van der Waals surface area contributed by atoms with Crippen LogP contribution in [-0.4, -0.2) is 48.8 Å². The van der Waals surface area contributed by atoms with Crippen LogP contribution >= 0.6 is 12.4 Å². The Morgan fingerprint density at radius 3 is 2.56 bits per heavy atom. The molecule has 0 atom stereocenters. The summed E-state index contributed by atoms with van der Waals surface area (Å²) in [6, 6.07) is 4.24. The maximum Gasteiger partial charge on any atom is 0.163 e. The van der Waals surface area contributed by atoms with Crippen LogP contribution < -0.4 is 14.8 Å². The largest absolute Gasteiger partial charge is 0.493 e. The fourth-order valence-corrected chi connectivity index (χ4v) is 5.76. The molecule has 3 heterocycles. The molecule has 0 unspecified atom stereocenters. The fraction of sp³-hybridized carbons (Fsp3) is 0.654. The molecule has 2 aliphatic heterocycles. The van der Waals surface area contributed by atoms with Crippen LogP contribution in [-0.2, 0) is 6.42 Å². The molecule has 1 aliphatic carbocycles. The van der Waals surface area contributed by atoms with E-state index in [1.807, 2.05) is 0 Å². The summed E-state index contributed by atoms with van der Waals surface area (Å²) in [6.45, 7) is 8.87. The number of fused-ring (bicyclic) bond motifs is 3. The summed E-state index contributed by atoms with van der Waals surface area (Å²) in [5.74, 6) is 2.22. The Morgan fingerprint density at radius 2 is 1.84 bits per heavy atom. The standard InChI is InChI=1S/C26H37N3O2.ClH/c1-26(2)17-20-24(18-9-4-5-10-18)27-21-16-23(22(30-3)15-19(21)25(20)28-26)31-14-8-13-29-11-6-7-12-29;/h15-16,18,28H,4-14,17H2,1-3H3;1H. The van der Waals surface area contributed by atoms with E-state index in [2.05, 4.69) is 36.2 Å². The van der Waals surface area contributed by atoms with E-state index in [4.69, 9.17) is 14.5 Å². The number of anilines is 1. The van der Waals surface area contributed by atoms with E-state index in [0.717, 1.165) is 41.8 Å². The lowest BCUT2D eigenvalue weighted by Gasteiger charge is -2.19. The van der Waals surface area contributed by atoms with E-state index in [9.17, 15) is 0 Å². The summed E-state index contributed by atoms with van der Waals surface area (Å²) in [5.41, 5.74) is 5.09. The number of nitrogens with zero attached hydrogens (tertiary/aromatic N) is 2. The Bertz CT molecular complexity index is 950. The van der Waals surface area contributed by atoms with Crippen LogP contribution in [0.15, 0.2) is 12.1 Å². The number of benzene rings is 1. The van der Waals surface area contributed by atoms with E-state index in [-0.39, 0.29) is 17.9 Å². The second-order valence-electron chi connectivity index (χ2n) is 10.3. The fourth-order valence-electron chi connectivity index (χ4n) is 5.76. The zero-order chi connectivity index (χ0) is 21.4. The summed E-state index contributed by atoms with van der Waals surface area (Å²) < 4.78 is 11.9. The molecule has 32 heavy (non-hydrogen) atoms. The maximum absolute atomic E-state index is 6.21. The highest BCUT2D eigenvalue weighted by Gasteiger charge is 2.34. The molecule has 0 spiro atoms. The first kappa shape index (κ1) is 23.4. The lowest BCUT2D eigenvalue weighted by Crippen LogP contribution is -2.27. The number of rotatable bonds is 7. The summed E-state index contributed by atoms with van der Waals surface area (Å²) >= 11 is 0. The molecule has 176 valence electrons. The van der Waals surface area contributed by atoms with Gasteiger partial charge in [0.1, 0.15) is 0 Å². The second kappa shape index (κ2) is 9.64. The van der Waals surface area contributed by atoms with Gasteiger partial charge in [0.15, 0.2) is 11.5 Å².